The van der Waals surface area contributed by atoms with E-state index in [4.69, 9.17) is 0 Å². The van der Waals surface area contributed by atoms with Crippen LogP contribution in [0, 0.1) is 11.8 Å². The molecule has 4 aliphatic rings. The van der Waals surface area contributed by atoms with Crippen molar-refractivity contribution in [1.82, 2.24) is 29.8 Å². The minimum Gasteiger partial charge on any atom is -0.348 e. The summed E-state index contributed by atoms with van der Waals surface area (Å²) in [6, 6.07) is 2.26. The first-order chi connectivity index (χ1) is 15.5. The van der Waals surface area contributed by atoms with Crippen molar-refractivity contribution in [3.63, 3.8) is 0 Å². The summed E-state index contributed by atoms with van der Waals surface area (Å²) in [5.74, 6) is 0.977. The average Bonchev–Trinajstić information content (AvgIpc) is 3.29. The van der Waals surface area contributed by atoms with Gasteiger partial charge in [-0.2, -0.15) is 5.10 Å². The normalized spacial score (nSPS) is 28.5. The van der Waals surface area contributed by atoms with Crippen LogP contribution in [0.1, 0.15) is 55.9 Å². The van der Waals surface area contributed by atoms with E-state index >= 15 is 0 Å². The number of carbonyl (C=O) groups is 3. The Labute approximate surface area is 189 Å². The van der Waals surface area contributed by atoms with Crippen molar-refractivity contribution < 1.29 is 14.4 Å². The lowest BCUT2D eigenvalue weighted by Crippen LogP contribution is -2.62. The Hall–Kier alpha value is -2.58. The van der Waals surface area contributed by atoms with Gasteiger partial charge in [-0.25, -0.2) is 4.79 Å². The highest BCUT2D eigenvalue weighted by molar-refractivity contribution is 5.92. The lowest BCUT2D eigenvalue weighted by molar-refractivity contribution is -0.144. The smallest absolute Gasteiger partial charge is 0.320 e. The Morgan fingerprint density at radius 3 is 2.69 bits per heavy atom. The van der Waals surface area contributed by atoms with Crippen molar-refractivity contribution in [1.29, 1.82) is 0 Å². The molecular weight excluding hydrogens is 408 g/mol. The van der Waals surface area contributed by atoms with Gasteiger partial charge in [0.1, 0.15) is 5.69 Å². The second kappa shape index (κ2) is 8.75. The fraction of sp³-hybridized carbons (Fsp3) is 0.739. The van der Waals surface area contributed by atoms with Crippen LogP contribution < -0.4 is 5.32 Å². The summed E-state index contributed by atoms with van der Waals surface area (Å²) in [4.78, 5) is 44.1. The monoisotopic (exact) mass is 442 g/mol. The second-order valence-corrected chi connectivity index (χ2v) is 9.85. The third-order valence-corrected chi connectivity index (χ3v) is 7.75. The number of aromatic nitrogens is 2. The van der Waals surface area contributed by atoms with E-state index in [-0.39, 0.29) is 18.0 Å². The molecule has 1 N–H and O–H groups in total. The first-order valence-corrected chi connectivity index (χ1v) is 12.2. The number of amides is 4. The lowest BCUT2D eigenvalue weighted by atomic mass is 9.76. The number of aryl methyl sites for hydroxylation is 1. The fourth-order valence-electron chi connectivity index (χ4n) is 6.10. The first kappa shape index (κ1) is 21.3. The molecule has 32 heavy (non-hydrogen) atoms. The summed E-state index contributed by atoms with van der Waals surface area (Å²) in [5, 5.41) is 7.34. The molecule has 9 nitrogen and oxygen atoms in total. The number of nitrogens with one attached hydrogen (secondary N) is 1. The molecule has 1 aromatic heterocycles. The average molecular weight is 443 g/mol. The van der Waals surface area contributed by atoms with Crippen molar-refractivity contribution in [2.45, 2.75) is 64.1 Å². The molecule has 0 spiro atoms. The van der Waals surface area contributed by atoms with E-state index in [9.17, 15) is 14.4 Å². The van der Waals surface area contributed by atoms with E-state index in [1.165, 1.54) is 0 Å². The fourth-order valence-corrected chi connectivity index (χ4v) is 6.10. The van der Waals surface area contributed by atoms with Crippen molar-refractivity contribution in [3.8, 4) is 0 Å². The molecule has 3 atom stereocenters. The molecule has 0 saturated carbocycles. The predicted octanol–water partition coefficient (Wildman–Crippen LogP) is 1.55. The summed E-state index contributed by atoms with van der Waals surface area (Å²) in [7, 11) is 0. The number of hydrogen-bond acceptors (Lipinski definition) is 4. The highest BCUT2D eigenvalue weighted by atomic mass is 16.2. The van der Waals surface area contributed by atoms with Gasteiger partial charge < -0.3 is 20.0 Å². The molecule has 0 unspecified atom stereocenters. The number of likely N-dealkylation sites (tertiary alicyclic amines) is 2. The van der Waals surface area contributed by atoms with Crippen molar-refractivity contribution in [3.05, 3.63) is 18.0 Å². The number of rotatable bonds is 3. The maximum atomic E-state index is 13.3. The minimum absolute atomic E-state index is 0.0703. The predicted molar refractivity (Wildman–Crippen MR) is 118 cm³/mol. The summed E-state index contributed by atoms with van der Waals surface area (Å²) in [5.41, 5.74) is 0.445. The Balaban J connectivity index is 1.13. The van der Waals surface area contributed by atoms with Crippen molar-refractivity contribution in [2.24, 2.45) is 11.8 Å². The molecule has 174 valence electrons. The van der Waals surface area contributed by atoms with Gasteiger partial charge in [0.15, 0.2) is 0 Å². The third-order valence-electron chi connectivity index (χ3n) is 7.75. The number of nitrogens with zero attached hydrogens (tertiary/aromatic N) is 5. The number of piperidine rings is 4. The topological polar surface area (TPSA) is 90.8 Å². The van der Waals surface area contributed by atoms with Crippen LogP contribution in [0.3, 0.4) is 0 Å². The lowest BCUT2D eigenvalue weighted by Gasteiger charge is -2.53. The van der Waals surface area contributed by atoms with Gasteiger partial charge in [-0.3, -0.25) is 14.3 Å². The van der Waals surface area contributed by atoms with Gasteiger partial charge in [0.25, 0.3) is 5.91 Å². The molecule has 4 fully saturated rings. The summed E-state index contributed by atoms with van der Waals surface area (Å²) >= 11 is 0. The number of hydrogen-bond donors (Lipinski definition) is 1. The van der Waals surface area contributed by atoms with Crippen LogP contribution in [-0.2, 0) is 11.3 Å². The Morgan fingerprint density at radius 1 is 1.12 bits per heavy atom. The molecule has 1 aromatic rings. The molecule has 5 rings (SSSR count). The zero-order chi connectivity index (χ0) is 22.2. The van der Waals surface area contributed by atoms with Gasteiger partial charge in [-0.15, -0.1) is 0 Å². The molecule has 2 bridgehead atoms. The van der Waals surface area contributed by atoms with Crippen LogP contribution in [0.25, 0.3) is 0 Å². The third kappa shape index (κ3) is 4.09. The quantitative estimate of drug-likeness (QED) is 0.769. The molecule has 4 saturated heterocycles. The zero-order valence-corrected chi connectivity index (χ0v) is 18.9. The van der Waals surface area contributed by atoms with Gasteiger partial charge >= 0.3 is 6.03 Å². The number of urea groups is 1. The van der Waals surface area contributed by atoms with Crippen molar-refractivity contribution >= 4 is 17.8 Å². The number of fused-ring (bicyclic) bond motifs is 4. The van der Waals surface area contributed by atoms with Gasteiger partial charge in [0.2, 0.25) is 5.91 Å². The van der Waals surface area contributed by atoms with Gasteiger partial charge in [-0.05, 0) is 56.9 Å². The van der Waals surface area contributed by atoms with Crippen molar-refractivity contribution in [2.75, 3.05) is 32.7 Å². The van der Waals surface area contributed by atoms with Crippen LogP contribution in [0.5, 0.6) is 0 Å². The van der Waals surface area contributed by atoms with Crippen LogP contribution in [-0.4, -0.2) is 87.1 Å². The first-order valence-electron chi connectivity index (χ1n) is 12.2. The Kier molecular flexibility index (Phi) is 5.82. The largest absolute Gasteiger partial charge is 0.348 e. The van der Waals surface area contributed by atoms with E-state index in [2.05, 4.69) is 15.3 Å². The maximum Gasteiger partial charge on any atom is 0.320 e. The molecule has 9 heteroatoms. The summed E-state index contributed by atoms with van der Waals surface area (Å²) < 4.78 is 1.74. The van der Waals surface area contributed by atoms with Crippen LogP contribution >= 0.6 is 0 Å². The minimum atomic E-state index is -0.141. The van der Waals surface area contributed by atoms with E-state index in [1.807, 2.05) is 22.9 Å². The van der Waals surface area contributed by atoms with Gasteiger partial charge in [0.05, 0.1) is 0 Å². The molecule has 0 radical (unpaired) electrons. The zero-order valence-electron chi connectivity index (χ0n) is 18.9. The molecule has 4 amide bonds. The SMILES string of the molecule is CCn1ccc(C(=O)NC2CCN(C(=O)N3C[C@H]4C[C@H](C3)[C@H]3CCCC(=O)N3C4)CC2)n1. The van der Waals surface area contributed by atoms with Crippen LogP contribution in [0.4, 0.5) is 4.79 Å². The molecule has 5 heterocycles. The summed E-state index contributed by atoms with van der Waals surface area (Å²) in [6.07, 6.45) is 7.21. The van der Waals surface area contributed by atoms with Crippen LogP contribution in [0.15, 0.2) is 12.3 Å². The maximum absolute atomic E-state index is 13.3. The van der Waals surface area contributed by atoms with E-state index in [1.54, 1.807) is 10.7 Å². The van der Waals surface area contributed by atoms with E-state index in [0.717, 1.165) is 58.3 Å². The molecule has 4 aliphatic heterocycles. The highest BCUT2D eigenvalue weighted by Crippen LogP contribution is 2.38. The van der Waals surface area contributed by atoms with E-state index in [0.29, 0.717) is 49.0 Å². The molecule has 0 aliphatic carbocycles. The standard InChI is InChI=1S/C23H34N6O3/c1-2-28-11-8-19(25-28)22(31)24-18-6-9-26(10-7-18)23(32)27-13-16-12-17(15-27)20-4-3-5-21(30)29(20)14-16/h8,11,16-18,20H,2-7,9-10,12-15H2,1H3,(H,24,31)/t16-,17-,20-/m1/s1. The second-order valence-electron chi connectivity index (χ2n) is 9.85. The van der Waals surface area contributed by atoms with Gasteiger partial charge in [-0.1, -0.05) is 0 Å². The highest BCUT2D eigenvalue weighted by Gasteiger charge is 2.45. The Morgan fingerprint density at radius 2 is 1.94 bits per heavy atom. The van der Waals surface area contributed by atoms with Crippen LogP contribution in [0.2, 0.25) is 0 Å². The number of carbonyl (C=O) groups excluding carboxylic acids is 3. The Bertz CT molecular complexity index is 877. The summed E-state index contributed by atoms with van der Waals surface area (Å²) in [6.45, 7) is 6.37. The van der Waals surface area contributed by atoms with E-state index < -0.39 is 0 Å². The molecule has 0 aromatic carbocycles. The molecular formula is C23H34N6O3. The van der Waals surface area contributed by atoms with Gasteiger partial charge in [0, 0.05) is 64.0 Å².